The first-order chi connectivity index (χ1) is 6.45. The van der Waals surface area contributed by atoms with Crippen molar-refractivity contribution in [1.82, 2.24) is 9.55 Å². The number of nitrogens with zero attached hydrogens (tertiary/aromatic N) is 2. The molecule has 0 unspecified atom stereocenters. The molecule has 0 spiro atoms. The number of aryl methyl sites for hydroxylation is 2. The number of rotatable bonds is 4. The summed E-state index contributed by atoms with van der Waals surface area (Å²) >= 11 is 1.69. The Balaban J connectivity index is 2.94. The lowest BCUT2D eigenvalue weighted by atomic mass is 10.6. The van der Waals surface area contributed by atoms with Crippen molar-refractivity contribution in [3.8, 4) is 0 Å². The summed E-state index contributed by atoms with van der Waals surface area (Å²) in [5, 5.41) is 4.90. The van der Waals surface area contributed by atoms with Crippen molar-refractivity contribution in [3.05, 3.63) is 12.0 Å². The van der Waals surface area contributed by atoms with Crippen LogP contribution in [0.25, 0.3) is 0 Å². The lowest BCUT2D eigenvalue weighted by molar-refractivity contribution is 0.594. The third-order valence-corrected chi connectivity index (χ3v) is 3.15. The molecule has 1 aromatic heterocycles. The van der Waals surface area contributed by atoms with Gasteiger partial charge in [-0.15, -0.1) is 0 Å². The van der Waals surface area contributed by atoms with E-state index in [1.807, 2.05) is 6.26 Å². The fraction of sp³-hybridized carbons (Fsp3) is 0.571. The molecule has 0 aromatic carbocycles. The normalized spacial score (nSPS) is 11.9. The quantitative estimate of drug-likeness (QED) is 0.808. The molecule has 0 aliphatic heterocycles. The summed E-state index contributed by atoms with van der Waals surface area (Å²) in [5.74, 6) is 1.59. The molecular formula is C7H13N3O2S2. The maximum atomic E-state index is 11.0. The molecule has 0 saturated heterocycles. The fourth-order valence-corrected chi connectivity index (χ4v) is 1.95. The summed E-state index contributed by atoms with van der Waals surface area (Å²) in [6, 6.07) is 0. The molecule has 0 saturated carbocycles. The van der Waals surface area contributed by atoms with Gasteiger partial charge in [0.25, 0.3) is 10.0 Å². The first kappa shape index (κ1) is 11.5. The van der Waals surface area contributed by atoms with Crippen molar-refractivity contribution in [2.75, 3.05) is 12.0 Å². The number of thioether (sulfide) groups is 1. The van der Waals surface area contributed by atoms with E-state index in [-0.39, 0.29) is 5.03 Å². The van der Waals surface area contributed by atoms with E-state index in [1.165, 1.54) is 6.20 Å². The van der Waals surface area contributed by atoms with Gasteiger partial charge in [0.2, 0.25) is 0 Å². The van der Waals surface area contributed by atoms with Crippen LogP contribution in [-0.4, -0.2) is 30.0 Å². The zero-order valence-electron chi connectivity index (χ0n) is 8.10. The minimum absolute atomic E-state index is 0.0592. The molecule has 0 bridgehead atoms. The fourth-order valence-electron chi connectivity index (χ4n) is 1.03. The van der Waals surface area contributed by atoms with Gasteiger partial charge in [-0.2, -0.15) is 11.8 Å². The number of sulfonamides is 1. The summed E-state index contributed by atoms with van der Waals surface area (Å²) in [6.07, 6.45) is 3.47. The average Bonchev–Trinajstić information content (AvgIpc) is 2.43. The molecule has 0 radical (unpaired) electrons. The maximum absolute atomic E-state index is 11.0. The Kier molecular flexibility index (Phi) is 3.57. The monoisotopic (exact) mass is 235 g/mol. The van der Waals surface area contributed by atoms with Crippen LogP contribution in [0.1, 0.15) is 5.82 Å². The highest BCUT2D eigenvalue weighted by Gasteiger charge is 2.13. The highest BCUT2D eigenvalue weighted by Crippen LogP contribution is 2.07. The zero-order chi connectivity index (χ0) is 10.8. The molecule has 5 nitrogen and oxygen atoms in total. The molecule has 2 N–H and O–H groups in total. The van der Waals surface area contributed by atoms with Crippen LogP contribution in [0.5, 0.6) is 0 Å². The van der Waals surface area contributed by atoms with Crippen molar-refractivity contribution in [1.29, 1.82) is 0 Å². The Bertz CT molecular complexity index is 411. The molecule has 0 aliphatic carbocycles. The number of aromatic nitrogens is 2. The van der Waals surface area contributed by atoms with Gasteiger partial charge in [-0.25, -0.2) is 18.5 Å². The van der Waals surface area contributed by atoms with E-state index in [0.717, 1.165) is 12.3 Å². The molecule has 1 heterocycles. The van der Waals surface area contributed by atoms with E-state index < -0.39 is 10.0 Å². The second-order valence-corrected chi connectivity index (χ2v) is 5.35. The van der Waals surface area contributed by atoms with Crippen molar-refractivity contribution < 1.29 is 8.42 Å². The highest BCUT2D eigenvalue weighted by molar-refractivity contribution is 7.98. The van der Waals surface area contributed by atoms with Crippen LogP contribution in [0.4, 0.5) is 0 Å². The van der Waals surface area contributed by atoms with Crippen LogP contribution < -0.4 is 5.14 Å². The smallest absolute Gasteiger partial charge is 0.257 e. The predicted octanol–water partition coefficient (Wildman–Crippen LogP) is 0.202. The number of imidazole rings is 1. The number of hydrogen-bond donors (Lipinski definition) is 1. The highest BCUT2D eigenvalue weighted by atomic mass is 32.2. The Morgan fingerprint density at radius 2 is 2.29 bits per heavy atom. The molecule has 1 aromatic rings. The SMILES string of the molecule is CSCCn1cc(S(N)(=O)=O)nc1C. The van der Waals surface area contributed by atoms with Gasteiger partial charge in [-0.05, 0) is 13.2 Å². The van der Waals surface area contributed by atoms with Crippen molar-refractivity contribution >= 4 is 21.8 Å². The molecule has 0 amide bonds. The third kappa shape index (κ3) is 2.73. The lowest BCUT2D eigenvalue weighted by Crippen LogP contribution is -2.12. The van der Waals surface area contributed by atoms with E-state index in [1.54, 1.807) is 23.3 Å². The van der Waals surface area contributed by atoms with Gasteiger partial charge >= 0.3 is 0 Å². The second-order valence-electron chi connectivity index (χ2n) is 2.86. The summed E-state index contributed by atoms with van der Waals surface area (Å²) in [4.78, 5) is 3.88. The van der Waals surface area contributed by atoms with Crippen LogP contribution >= 0.6 is 11.8 Å². The van der Waals surface area contributed by atoms with Crippen LogP contribution in [-0.2, 0) is 16.6 Å². The van der Waals surface area contributed by atoms with E-state index in [4.69, 9.17) is 5.14 Å². The molecule has 0 atom stereocenters. The van der Waals surface area contributed by atoms with Gasteiger partial charge in [0.15, 0.2) is 5.03 Å². The summed E-state index contributed by atoms with van der Waals surface area (Å²) in [5.41, 5.74) is 0. The molecule has 7 heteroatoms. The minimum atomic E-state index is -3.67. The lowest BCUT2D eigenvalue weighted by Gasteiger charge is -2.01. The molecule has 1 rings (SSSR count). The molecule has 0 aliphatic rings. The van der Waals surface area contributed by atoms with Gasteiger partial charge in [0.1, 0.15) is 5.82 Å². The second kappa shape index (κ2) is 4.33. The van der Waals surface area contributed by atoms with Crippen molar-refractivity contribution in [3.63, 3.8) is 0 Å². The Hall–Kier alpha value is -0.530. The molecular weight excluding hydrogens is 222 g/mol. The number of primary sulfonamides is 1. The van der Waals surface area contributed by atoms with E-state index >= 15 is 0 Å². The van der Waals surface area contributed by atoms with Crippen LogP contribution in [0.2, 0.25) is 0 Å². The van der Waals surface area contributed by atoms with Gasteiger partial charge in [-0.3, -0.25) is 0 Å². The maximum Gasteiger partial charge on any atom is 0.257 e. The van der Waals surface area contributed by atoms with Crippen LogP contribution in [0.3, 0.4) is 0 Å². The summed E-state index contributed by atoms with van der Waals surface area (Å²) < 4.78 is 23.7. The van der Waals surface area contributed by atoms with Crippen molar-refractivity contribution in [2.24, 2.45) is 5.14 Å². The van der Waals surface area contributed by atoms with Crippen LogP contribution in [0, 0.1) is 6.92 Å². The van der Waals surface area contributed by atoms with E-state index in [2.05, 4.69) is 4.98 Å². The Morgan fingerprint density at radius 3 is 2.71 bits per heavy atom. The zero-order valence-corrected chi connectivity index (χ0v) is 9.73. The first-order valence-corrected chi connectivity index (χ1v) is 6.94. The summed E-state index contributed by atoms with van der Waals surface area (Å²) in [7, 11) is -3.67. The number of hydrogen-bond acceptors (Lipinski definition) is 4. The topological polar surface area (TPSA) is 78.0 Å². The van der Waals surface area contributed by atoms with Crippen LogP contribution in [0.15, 0.2) is 11.2 Å². The molecule has 0 fully saturated rings. The average molecular weight is 235 g/mol. The molecule has 80 valence electrons. The summed E-state index contributed by atoms with van der Waals surface area (Å²) in [6.45, 7) is 2.50. The Morgan fingerprint density at radius 1 is 1.64 bits per heavy atom. The van der Waals surface area contributed by atoms with Gasteiger partial charge in [0, 0.05) is 18.5 Å². The first-order valence-electron chi connectivity index (χ1n) is 4.00. The standard InChI is InChI=1S/C7H13N3O2S2/c1-6-9-7(14(8,11)12)5-10(6)3-4-13-2/h5H,3-4H2,1-2H3,(H2,8,11,12). The minimum Gasteiger partial charge on any atom is -0.333 e. The van der Waals surface area contributed by atoms with Gasteiger partial charge in [-0.1, -0.05) is 0 Å². The van der Waals surface area contributed by atoms with E-state index in [9.17, 15) is 8.42 Å². The van der Waals surface area contributed by atoms with E-state index in [0.29, 0.717) is 5.82 Å². The van der Waals surface area contributed by atoms with Crippen molar-refractivity contribution in [2.45, 2.75) is 18.5 Å². The number of nitrogens with two attached hydrogens (primary N) is 1. The third-order valence-electron chi connectivity index (χ3n) is 1.78. The Labute approximate surface area is 87.8 Å². The van der Waals surface area contributed by atoms with Gasteiger partial charge < -0.3 is 4.57 Å². The van der Waals surface area contributed by atoms with Gasteiger partial charge in [0.05, 0.1) is 0 Å². The predicted molar refractivity (Wildman–Crippen MR) is 56.7 cm³/mol. The largest absolute Gasteiger partial charge is 0.333 e. The molecule has 14 heavy (non-hydrogen) atoms.